The topological polar surface area (TPSA) is 49.4 Å². The van der Waals surface area contributed by atoms with E-state index in [-0.39, 0.29) is 11.8 Å². The molecule has 1 N–H and O–H groups in total. The molecule has 0 spiro atoms. The maximum atomic E-state index is 12.0. The number of nitrogens with one attached hydrogen (secondary N) is 1. The first-order valence-electron chi connectivity index (χ1n) is 8.06. The number of carbonyl (C=O) groups excluding carboxylic acids is 2. The summed E-state index contributed by atoms with van der Waals surface area (Å²) in [5.41, 5.74) is 2.71. The summed E-state index contributed by atoms with van der Waals surface area (Å²) in [7, 11) is 0. The Morgan fingerprint density at radius 2 is 1.79 bits per heavy atom. The maximum Gasteiger partial charge on any atom is 0.227 e. The molecule has 124 valence electrons. The normalized spacial score (nSPS) is 14.0. The summed E-state index contributed by atoms with van der Waals surface area (Å²) >= 11 is 5.85. The first-order chi connectivity index (χ1) is 11.6. The summed E-state index contributed by atoms with van der Waals surface area (Å²) in [5.74, 6) is 0.129. The van der Waals surface area contributed by atoms with Crippen LogP contribution in [0.25, 0.3) is 0 Å². The van der Waals surface area contributed by atoms with Crippen molar-refractivity contribution in [3.63, 3.8) is 0 Å². The van der Waals surface area contributed by atoms with Crippen LogP contribution in [0.3, 0.4) is 0 Å². The van der Waals surface area contributed by atoms with Crippen molar-refractivity contribution >= 4 is 34.8 Å². The number of hydrogen-bond acceptors (Lipinski definition) is 2. The van der Waals surface area contributed by atoms with Gasteiger partial charge in [-0.05, 0) is 54.8 Å². The third-order valence-corrected chi connectivity index (χ3v) is 4.34. The van der Waals surface area contributed by atoms with E-state index in [0.717, 1.165) is 29.9 Å². The Hall–Kier alpha value is -2.33. The van der Waals surface area contributed by atoms with Crippen LogP contribution >= 0.6 is 11.6 Å². The molecule has 0 atom stereocenters. The van der Waals surface area contributed by atoms with E-state index in [0.29, 0.717) is 24.3 Å². The van der Waals surface area contributed by atoms with E-state index in [9.17, 15) is 9.59 Å². The Balaban J connectivity index is 1.52. The van der Waals surface area contributed by atoms with Gasteiger partial charge in [0.1, 0.15) is 0 Å². The van der Waals surface area contributed by atoms with Crippen LogP contribution in [-0.2, 0) is 16.0 Å². The maximum absolute atomic E-state index is 12.0. The van der Waals surface area contributed by atoms with E-state index < -0.39 is 0 Å². The van der Waals surface area contributed by atoms with Crippen LogP contribution in [0.2, 0.25) is 5.02 Å². The van der Waals surface area contributed by atoms with Crippen LogP contribution in [0, 0.1) is 0 Å². The third kappa shape index (κ3) is 4.15. The lowest BCUT2D eigenvalue weighted by molar-refractivity contribution is -0.117. The van der Waals surface area contributed by atoms with Gasteiger partial charge in [-0.25, -0.2) is 0 Å². The lowest BCUT2D eigenvalue weighted by Gasteiger charge is -2.16. The summed E-state index contributed by atoms with van der Waals surface area (Å²) in [6.45, 7) is 0.769. The number of halogens is 1. The highest BCUT2D eigenvalue weighted by Gasteiger charge is 2.21. The van der Waals surface area contributed by atoms with Gasteiger partial charge in [0.2, 0.25) is 11.8 Å². The fourth-order valence-corrected chi connectivity index (χ4v) is 2.90. The standard InChI is InChI=1S/C19H19ClN2O2/c20-15-6-3-14(4-7-15)5-12-18(23)21-16-8-10-17(11-9-16)22-13-1-2-19(22)24/h3-4,6-11H,1-2,5,12-13H2,(H,21,23). The number of amides is 2. The predicted molar refractivity (Wildman–Crippen MR) is 96.4 cm³/mol. The number of carbonyl (C=O) groups is 2. The monoisotopic (exact) mass is 342 g/mol. The Labute approximate surface area is 146 Å². The van der Waals surface area contributed by atoms with Gasteiger partial charge in [0.15, 0.2) is 0 Å². The summed E-state index contributed by atoms with van der Waals surface area (Å²) in [6, 6.07) is 14.9. The minimum absolute atomic E-state index is 0.0325. The number of benzene rings is 2. The SMILES string of the molecule is O=C(CCc1ccc(Cl)cc1)Nc1ccc(N2CCCC2=O)cc1. The predicted octanol–water partition coefficient (Wildman–Crippen LogP) is 4.04. The zero-order chi connectivity index (χ0) is 16.9. The van der Waals surface area contributed by atoms with E-state index in [2.05, 4.69) is 5.32 Å². The van der Waals surface area contributed by atoms with Gasteiger partial charge < -0.3 is 10.2 Å². The first kappa shape index (κ1) is 16.5. The molecule has 0 saturated carbocycles. The molecule has 2 aromatic rings. The van der Waals surface area contributed by atoms with Gasteiger partial charge in [0, 0.05) is 35.8 Å². The smallest absolute Gasteiger partial charge is 0.227 e. The van der Waals surface area contributed by atoms with Crippen molar-refractivity contribution in [3.05, 3.63) is 59.1 Å². The first-order valence-corrected chi connectivity index (χ1v) is 8.44. The van der Waals surface area contributed by atoms with Gasteiger partial charge in [-0.2, -0.15) is 0 Å². The van der Waals surface area contributed by atoms with Crippen molar-refractivity contribution in [3.8, 4) is 0 Å². The Bertz CT molecular complexity index is 726. The van der Waals surface area contributed by atoms with Gasteiger partial charge in [-0.1, -0.05) is 23.7 Å². The summed E-state index contributed by atoms with van der Waals surface area (Å²) in [6.07, 6.45) is 2.60. The molecule has 0 bridgehead atoms. The number of hydrogen-bond donors (Lipinski definition) is 1. The van der Waals surface area contributed by atoms with Gasteiger partial charge in [-0.3, -0.25) is 9.59 Å². The molecule has 0 radical (unpaired) electrons. The van der Waals surface area contributed by atoms with Crippen LogP contribution in [0.15, 0.2) is 48.5 Å². The van der Waals surface area contributed by atoms with Crippen LogP contribution in [0.1, 0.15) is 24.8 Å². The van der Waals surface area contributed by atoms with Crippen molar-refractivity contribution in [1.29, 1.82) is 0 Å². The second kappa shape index (κ2) is 7.49. The van der Waals surface area contributed by atoms with E-state index in [1.165, 1.54) is 0 Å². The highest BCUT2D eigenvalue weighted by Crippen LogP contribution is 2.23. The summed E-state index contributed by atoms with van der Waals surface area (Å²) < 4.78 is 0. The molecule has 5 heteroatoms. The lowest BCUT2D eigenvalue weighted by Crippen LogP contribution is -2.23. The number of rotatable bonds is 5. The quantitative estimate of drug-likeness (QED) is 0.891. The molecule has 0 unspecified atom stereocenters. The van der Waals surface area contributed by atoms with Crippen molar-refractivity contribution in [1.82, 2.24) is 0 Å². The molecule has 24 heavy (non-hydrogen) atoms. The van der Waals surface area contributed by atoms with Gasteiger partial charge in [-0.15, -0.1) is 0 Å². The number of aryl methyl sites for hydroxylation is 1. The number of anilines is 2. The molecule has 4 nitrogen and oxygen atoms in total. The second-order valence-corrected chi connectivity index (χ2v) is 6.31. The van der Waals surface area contributed by atoms with Crippen molar-refractivity contribution in [2.75, 3.05) is 16.8 Å². The molecule has 2 amide bonds. The lowest BCUT2D eigenvalue weighted by atomic mass is 10.1. The van der Waals surface area contributed by atoms with E-state index in [1.54, 1.807) is 4.90 Å². The molecule has 0 aromatic heterocycles. The summed E-state index contributed by atoms with van der Waals surface area (Å²) in [5, 5.41) is 3.58. The fraction of sp³-hybridized carbons (Fsp3) is 0.263. The van der Waals surface area contributed by atoms with Gasteiger partial charge >= 0.3 is 0 Å². The van der Waals surface area contributed by atoms with E-state index in [4.69, 9.17) is 11.6 Å². The van der Waals surface area contributed by atoms with E-state index in [1.807, 2.05) is 48.5 Å². The molecule has 1 heterocycles. The largest absolute Gasteiger partial charge is 0.326 e. The Morgan fingerprint density at radius 3 is 2.42 bits per heavy atom. The average Bonchev–Trinajstić information content (AvgIpc) is 3.01. The average molecular weight is 343 g/mol. The zero-order valence-electron chi connectivity index (χ0n) is 13.3. The summed E-state index contributed by atoms with van der Waals surface area (Å²) in [4.78, 5) is 25.6. The van der Waals surface area contributed by atoms with Crippen LogP contribution in [0.5, 0.6) is 0 Å². The number of nitrogens with zero attached hydrogens (tertiary/aromatic N) is 1. The highest BCUT2D eigenvalue weighted by atomic mass is 35.5. The second-order valence-electron chi connectivity index (χ2n) is 5.87. The fourth-order valence-electron chi connectivity index (χ4n) is 2.78. The molecule has 1 saturated heterocycles. The third-order valence-electron chi connectivity index (χ3n) is 4.09. The van der Waals surface area contributed by atoms with Crippen molar-refractivity contribution in [2.24, 2.45) is 0 Å². The minimum atomic E-state index is -0.0325. The minimum Gasteiger partial charge on any atom is -0.326 e. The van der Waals surface area contributed by atoms with E-state index >= 15 is 0 Å². The van der Waals surface area contributed by atoms with Gasteiger partial charge in [0.05, 0.1) is 0 Å². The van der Waals surface area contributed by atoms with Gasteiger partial charge in [0.25, 0.3) is 0 Å². The van der Waals surface area contributed by atoms with Crippen molar-refractivity contribution in [2.45, 2.75) is 25.7 Å². The van der Waals surface area contributed by atoms with Crippen molar-refractivity contribution < 1.29 is 9.59 Å². The zero-order valence-corrected chi connectivity index (χ0v) is 14.1. The molecule has 1 aliphatic heterocycles. The molecular weight excluding hydrogens is 324 g/mol. The molecule has 0 aliphatic carbocycles. The molecule has 2 aromatic carbocycles. The van der Waals surface area contributed by atoms with Crippen LogP contribution < -0.4 is 10.2 Å². The highest BCUT2D eigenvalue weighted by molar-refractivity contribution is 6.30. The Morgan fingerprint density at radius 1 is 1.08 bits per heavy atom. The molecule has 1 aliphatic rings. The van der Waals surface area contributed by atoms with Crippen LogP contribution in [0.4, 0.5) is 11.4 Å². The molecular formula is C19H19ClN2O2. The molecule has 1 fully saturated rings. The van der Waals surface area contributed by atoms with Crippen LogP contribution in [-0.4, -0.2) is 18.4 Å². The molecule has 3 rings (SSSR count). The Kier molecular flexibility index (Phi) is 5.16.